The van der Waals surface area contributed by atoms with E-state index in [0.717, 1.165) is 29.7 Å². The van der Waals surface area contributed by atoms with Gasteiger partial charge in [-0.1, -0.05) is 35.3 Å². The molecule has 158 valence electrons. The second kappa shape index (κ2) is 8.76. The second-order valence-corrected chi connectivity index (χ2v) is 7.97. The first kappa shape index (κ1) is 20.8. The number of hydrogen-bond acceptors (Lipinski definition) is 5. The van der Waals surface area contributed by atoms with E-state index in [2.05, 4.69) is 5.10 Å². The van der Waals surface area contributed by atoms with E-state index in [9.17, 15) is 5.11 Å². The maximum absolute atomic E-state index is 10.2. The van der Waals surface area contributed by atoms with Crippen LogP contribution in [-0.2, 0) is 20.1 Å². The highest BCUT2D eigenvalue weighted by Gasteiger charge is 2.27. The van der Waals surface area contributed by atoms with Crippen molar-refractivity contribution in [2.75, 3.05) is 7.11 Å². The summed E-state index contributed by atoms with van der Waals surface area (Å²) in [7, 11) is 3.41. The summed E-state index contributed by atoms with van der Waals surface area (Å²) < 4.78 is 18.8. The Balaban J connectivity index is 1.56. The monoisotopic (exact) mass is 448 g/mol. The van der Waals surface area contributed by atoms with Crippen molar-refractivity contribution >= 4 is 23.2 Å². The largest absolute Gasteiger partial charge is 0.497 e. The van der Waals surface area contributed by atoms with Gasteiger partial charge in [0.15, 0.2) is 5.75 Å². The van der Waals surface area contributed by atoms with Gasteiger partial charge in [0.2, 0.25) is 5.88 Å². The number of nitrogens with zero attached hydrogens (tertiary/aromatic N) is 2. The third-order valence-electron chi connectivity index (χ3n) is 5.09. The molecule has 1 aliphatic rings. The lowest BCUT2D eigenvalue weighted by Gasteiger charge is -2.17. The molecule has 3 aromatic rings. The molecule has 0 bridgehead atoms. The van der Waals surface area contributed by atoms with Crippen LogP contribution in [-0.4, -0.2) is 22.0 Å². The maximum Gasteiger partial charge on any atom is 0.221 e. The summed E-state index contributed by atoms with van der Waals surface area (Å²) in [6.45, 7) is 0.331. The standard InChI is InChI=1S/C22H22Cl2N2O4/c1-26-22(15-4-3-5-18(27)21(15)25-26)30-20-11-19(16(23)10-17(20)24)29-12-13-6-8-14(28-2)9-7-13/h6-11,18,27H,3-5,12H2,1-2H3. The molecular formula is C22H22Cl2N2O4. The van der Waals surface area contributed by atoms with Crippen LogP contribution in [0.1, 0.15) is 35.8 Å². The first-order chi connectivity index (χ1) is 14.5. The molecule has 4 rings (SSSR count). The second-order valence-electron chi connectivity index (χ2n) is 7.15. The highest BCUT2D eigenvalue weighted by Crippen LogP contribution is 2.41. The molecule has 1 heterocycles. The van der Waals surface area contributed by atoms with Gasteiger partial charge in [-0.2, -0.15) is 5.10 Å². The van der Waals surface area contributed by atoms with E-state index in [4.69, 9.17) is 37.4 Å². The van der Waals surface area contributed by atoms with Gasteiger partial charge in [-0.25, -0.2) is 4.68 Å². The molecule has 0 spiro atoms. The molecule has 6 nitrogen and oxygen atoms in total. The summed E-state index contributed by atoms with van der Waals surface area (Å²) in [5.74, 6) is 2.22. The molecule has 30 heavy (non-hydrogen) atoms. The first-order valence-corrected chi connectivity index (χ1v) is 10.4. The van der Waals surface area contributed by atoms with E-state index in [-0.39, 0.29) is 0 Å². The van der Waals surface area contributed by atoms with Crippen molar-refractivity contribution in [2.24, 2.45) is 7.05 Å². The molecule has 0 saturated heterocycles. The van der Waals surface area contributed by atoms with E-state index < -0.39 is 6.10 Å². The van der Waals surface area contributed by atoms with Gasteiger partial charge in [0.1, 0.15) is 18.1 Å². The number of methoxy groups -OCH3 is 1. The number of ether oxygens (including phenoxy) is 3. The molecular weight excluding hydrogens is 427 g/mol. The van der Waals surface area contributed by atoms with Gasteiger partial charge < -0.3 is 19.3 Å². The average molecular weight is 449 g/mol. The number of aliphatic hydroxyl groups is 1. The molecule has 0 fully saturated rings. The number of aromatic nitrogens is 2. The molecule has 1 atom stereocenters. The van der Waals surface area contributed by atoms with Crippen molar-refractivity contribution in [1.29, 1.82) is 0 Å². The fraction of sp³-hybridized carbons (Fsp3) is 0.318. The van der Waals surface area contributed by atoms with Gasteiger partial charge in [0.25, 0.3) is 0 Å². The van der Waals surface area contributed by atoms with E-state index >= 15 is 0 Å². The molecule has 1 aromatic heterocycles. The van der Waals surface area contributed by atoms with Crippen LogP contribution in [0.5, 0.6) is 23.1 Å². The zero-order chi connectivity index (χ0) is 21.3. The molecule has 0 aliphatic heterocycles. The lowest BCUT2D eigenvalue weighted by Crippen LogP contribution is -2.08. The highest BCUT2D eigenvalue weighted by molar-refractivity contribution is 6.36. The molecule has 1 aliphatic carbocycles. The molecule has 2 aromatic carbocycles. The minimum Gasteiger partial charge on any atom is -0.497 e. The van der Waals surface area contributed by atoms with Crippen LogP contribution in [0, 0.1) is 0 Å². The summed E-state index contributed by atoms with van der Waals surface area (Å²) in [5.41, 5.74) is 2.54. The summed E-state index contributed by atoms with van der Waals surface area (Å²) in [4.78, 5) is 0. The zero-order valence-electron chi connectivity index (χ0n) is 16.7. The van der Waals surface area contributed by atoms with Gasteiger partial charge in [-0.3, -0.25) is 0 Å². The normalized spacial score (nSPS) is 15.6. The lowest BCUT2D eigenvalue weighted by atomic mass is 9.95. The Morgan fingerprint density at radius 3 is 2.60 bits per heavy atom. The van der Waals surface area contributed by atoms with Crippen molar-refractivity contribution in [1.82, 2.24) is 9.78 Å². The Morgan fingerprint density at radius 2 is 1.87 bits per heavy atom. The van der Waals surface area contributed by atoms with Gasteiger partial charge in [0.05, 0.1) is 29.0 Å². The van der Waals surface area contributed by atoms with Crippen molar-refractivity contribution < 1.29 is 19.3 Å². The van der Waals surface area contributed by atoms with Crippen molar-refractivity contribution in [3.05, 3.63) is 63.3 Å². The molecule has 1 N–H and O–H groups in total. The Morgan fingerprint density at radius 1 is 1.13 bits per heavy atom. The number of hydrogen-bond donors (Lipinski definition) is 1. The maximum atomic E-state index is 10.2. The smallest absolute Gasteiger partial charge is 0.221 e. The van der Waals surface area contributed by atoms with Gasteiger partial charge in [-0.15, -0.1) is 0 Å². The predicted octanol–water partition coefficient (Wildman–Crippen LogP) is 5.48. The van der Waals surface area contributed by atoms with E-state index in [1.54, 1.807) is 31.0 Å². The molecule has 0 saturated carbocycles. The summed E-state index contributed by atoms with van der Waals surface area (Å²) in [5, 5.41) is 15.4. The minimum atomic E-state index is -0.568. The van der Waals surface area contributed by atoms with Crippen LogP contribution in [0.2, 0.25) is 10.0 Å². The Hall–Kier alpha value is -2.41. The van der Waals surface area contributed by atoms with E-state index in [0.29, 0.717) is 46.1 Å². The molecule has 8 heteroatoms. The van der Waals surface area contributed by atoms with Gasteiger partial charge in [-0.05, 0) is 43.0 Å². The quantitative estimate of drug-likeness (QED) is 0.540. The topological polar surface area (TPSA) is 65.7 Å². The van der Waals surface area contributed by atoms with E-state index in [1.807, 2.05) is 24.3 Å². The van der Waals surface area contributed by atoms with Crippen molar-refractivity contribution in [3.8, 4) is 23.1 Å². The highest BCUT2D eigenvalue weighted by atomic mass is 35.5. The number of benzene rings is 2. The summed E-state index contributed by atoms with van der Waals surface area (Å²) in [6.07, 6.45) is 1.80. The van der Waals surface area contributed by atoms with Crippen LogP contribution in [0.15, 0.2) is 36.4 Å². The average Bonchev–Trinajstić information content (AvgIpc) is 3.06. The van der Waals surface area contributed by atoms with Crippen LogP contribution < -0.4 is 14.2 Å². The zero-order valence-corrected chi connectivity index (χ0v) is 18.2. The number of aryl methyl sites for hydroxylation is 1. The third-order valence-corrected chi connectivity index (χ3v) is 5.68. The van der Waals surface area contributed by atoms with Crippen LogP contribution in [0.25, 0.3) is 0 Å². The molecule has 0 amide bonds. The third kappa shape index (κ3) is 4.21. The Bertz CT molecular complexity index is 1050. The van der Waals surface area contributed by atoms with Crippen LogP contribution >= 0.6 is 23.2 Å². The SMILES string of the molecule is COc1ccc(COc2cc(Oc3c4c(nn3C)C(O)CCC4)c(Cl)cc2Cl)cc1. The fourth-order valence-electron chi connectivity index (χ4n) is 3.50. The Labute approximate surface area is 184 Å². The summed E-state index contributed by atoms with van der Waals surface area (Å²) >= 11 is 12.7. The van der Waals surface area contributed by atoms with Crippen LogP contribution in [0.3, 0.4) is 0 Å². The van der Waals surface area contributed by atoms with Gasteiger partial charge >= 0.3 is 0 Å². The minimum absolute atomic E-state index is 0.331. The van der Waals surface area contributed by atoms with Crippen molar-refractivity contribution in [3.63, 3.8) is 0 Å². The lowest BCUT2D eigenvalue weighted by molar-refractivity contribution is 0.151. The first-order valence-electron chi connectivity index (χ1n) is 9.62. The molecule has 1 unspecified atom stereocenters. The predicted molar refractivity (Wildman–Crippen MR) is 115 cm³/mol. The number of fused-ring (bicyclic) bond motifs is 1. The summed E-state index contributed by atoms with van der Waals surface area (Å²) in [6, 6.07) is 10.9. The van der Waals surface area contributed by atoms with Crippen molar-refractivity contribution in [2.45, 2.75) is 32.0 Å². The number of halogens is 2. The van der Waals surface area contributed by atoms with Crippen LogP contribution in [0.4, 0.5) is 0 Å². The fourth-order valence-corrected chi connectivity index (χ4v) is 3.97. The Kier molecular flexibility index (Phi) is 6.09. The van der Waals surface area contributed by atoms with E-state index in [1.165, 1.54) is 0 Å². The molecule has 0 radical (unpaired) electrons. The number of aliphatic hydroxyl groups excluding tert-OH is 1. The van der Waals surface area contributed by atoms with Gasteiger partial charge in [0, 0.05) is 18.7 Å². The number of rotatable bonds is 6.